The van der Waals surface area contributed by atoms with Crippen LogP contribution in [0.3, 0.4) is 0 Å². The number of ether oxygens (including phenoxy) is 1. The second-order valence-electron chi connectivity index (χ2n) is 12.6. The van der Waals surface area contributed by atoms with E-state index in [0.717, 1.165) is 74.5 Å². The van der Waals surface area contributed by atoms with Crippen molar-refractivity contribution in [3.63, 3.8) is 0 Å². The van der Waals surface area contributed by atoms with Gasteiger partial charge in [0.1, 0.15) is 0 Å². The maximum Gasteiger partial charge on any atom is 0.200 e. The maximum absolute atomic E-state index is 14.9. The Hall–Kier alpha value is -1.64. The van der Waals surface area contributed by atoms with Crippen molar-refractivity contribution in [3.8, 4) is 5.75 Å². The number of halogens is 2. The third-order valence-corrected chi connectivity index (χ3v) is 10.2. The molecule has 0 N–H and O–H groups in total. The van der Waals surface area contributed by atoms with Crippen LogP contribution < -0.4 is 4.74 Å². The van der Waals surface area contributed by atoms with Crippen LogP contribution in [0.2, 0.25) is 0 Å². The molecule has 0 heterocycles. The van der Waals surface area contributed by atoms with Gasteiger partial charge in [-0.3, -0.25) is 0 Å². The number of rotatable bonds is 12. The fourth-order valence-corrected chi connectivity index (χ4v) is 7.81. The Kier molecular flexibility index (Phi) is 11.8. The lowest BCUT2D eigenvalue weighted by atomic mass is 9.64. The van der Waals surface area contributed by atoms with Crippen LogP contribution in [0.5, 0.6) is 5.75 Å². The van der Waals surface area contributed by atoms with Gasteiger partial charge in [0.05, 0.1) is 6.61 Å². The standard InChI is InChI=1S/C35H52F2O/c1-3-5-7-8-10-26-11-13-27(14-12-26)28-15-17-29(18-16-28)30-19-21-31(22-20-30)32-23-24-33(35(37)34(32)36)38-25-9-6-4-2/h3,8,10,23-24,26-31H,1,4-7,9,11-22,25H2,2H3. The summed E-state index contributed by atoms with van der Waals surface area (Å²) in [5.74, 6) is 3.05. The predicted molar refractivity (Wildman–Crippen MR) is 156 cm³/mol. The molecule has 0 unspecified atom stereocenters. The van der Waals surface area contributed by atoms with Gasteiger partial charge >= 0.3 is 0 Å². The number of hydrogen-bond donors (Lipinski definition) is 0. The highest BCUT2D eigenvalue weighted by Crippen LogP contribution is 2.47. The third kappa shape index (κ3) is 7.95. The average molecular weight is 527 g/mol. The summed E-state index contributed by atoms with van der Waals surface area (Å²) in [4.78, 5) is 0. The molecule has 3 heteroatoms. The topological polar surface area (TPSA) is 9.23 Å². The number of unbranched alkanes of at least 4 members (excludes halogenated alkanes) is 3. The van der Waals surface area contributed by atoms with Crippen molar-refractivity contribution in [2.24, 2.45) is 29.6 Å². The van der Waals surface area contributed by atoms with E-state index in [4.69, 9.17) is 4.74 Å². The van der Waals surface area contributed by atoms with Gasteiger partial charge in [0.25, 0.3) is 0 Å². The van der Waals surface area contributed by atoms with Crippen LogP contribution in [-0.4, -0.2) is 6.61 Å². The predicted octanol–water partition coefficient (Wildman–Crippen LogP) is 10.9. The molecule has 3 aliphatic carbocycles. The first-order valence-corrected chi connectivity index (χ1v) is 16.0. The van der Waals surface area contributed by atoms with Crippen LogP contribution in [0.15, 0.2) is 36.9 Å². The fraction of sp³-hybridized carbons (Fsp3) is 0.714. The van der Waals surface area contributed by atoms with Crippen molar-refractivity contribution in [1.29, 1.82) is 0 Å². The number of hydrogen-bond acceptors (Lipinski definition) is 1. The van der Waals surface area contributed by atoms with Crippen LogP contribution in [0, 0.1) is 41.2 Å². The zero-order valence-corrected chi connectivity index (χ0v) is 24.0. The molecule has 0 spiro atoms. The molecule has 0 aliphatic heterocycles. The van der Waals surface area contributed by atoms with Gasteiger partial charge in [0.15, 0.2) is 11.6 Å². The first-order chi connectivity index (χ1) is 18.6. The van der Waals surface area contributed by atoms with Gasteiger partial charge in [-0.05, 0) is 143 Å². The Morgan fingerprint density at radius 1 is 0.763 bits per heavy atom. The molecule has 0 bridgehead atoms. The van der Waals surface area contributed by atoms with Crippen molar-refractivity contribution in [2.75, 3.05) is 6.61 Å². The van der Waals surface area contributed by atoms with E-state index in [1.807, 2.05) is 6.08 Å². The third-order valence-electron chi connectivity index (χ3n) is 10.2. The molecule has 1 aromatic rings. The Morgan fingerprint density at radius 2 is 1.34 bits per heavy atom. The quantitative estimate of drug-likeness (QED) is 0.194. The largest absolute Gasteiger partial charge is 0.490 e. The van der Waals surface area contributed by atoms with E-state index in [9.17, 15) is 8.78 Å². The monoisotopic (exact) mass is 526 g/mol. The second-order valence-corrected chi connectivity index (χ2v) is 12.6. The minimum atomic E-state index is -0.794. The van der Waals surface area contributed by atoms with Crippen LogP contribution >= 0.6 is 0 Å². The van der Waals surface area contributed by atoms with Crippen molar-refractivity contribution in [3.05, 3.63) is 54.1 Å². The molecular formula is C35H52F2O. The molecule has 0 atom stereocenters. The van der Waals surface area contributed by atoms with E-state index in [1.165, 1.54) is 64.2 Å². The smallest absolute Gasteiger partial charge is 0.200 e. The van der Waals surface area contributed by atoms with Gasteiger partial charge in [0.2, 0.25) is 5.82 Å². The highest BCUT2D eigenvalue weighted by molar-refractivity contribution is 5.33. The van der Waals surface area contributed by atoms with Crippen molar-refractivity contribution >= 4 is 0 Å². The summed E-state index contributed by atoms with van der Waals surface area (Å²) in [6, 6.07) is 3.44. The van der Waals surface area contributed by atoms with Crippen molar-refractivity contribution in [1.82, 2.24) is 0 Å². The summed E-state index contributed by atoms with van der Waals surface area (Å²) in [5, 5.41) is 0. The van der Waals surface area contributed by atoms with Gasteiger partial charge in [-0.2, -0.15) is 4.39 Å². The first kappa shape index (κ1) is 29.3. The summed E-state index contributed by atoms with van der Waals surface area (Å²) in [6.07, 6.45) is 27.6. The summed E-state index contributed by atoms with van der Waals surface area (Å²) in [6.45, 7) is 6.38. The van der Waals surface area contributed by atoms with Crippen LogP contribution in [0.1, 0.15) is 128 Å². The summed E-state index contributed by atoms with van der Waals surface area (Å²) < 4.78 is 35.1. The highest BCUT2D eigenvalue weighted by atomic mass is 19.2. The first-order valence-electron chi connectivity index (χ1n) is 16.0. The minimum Gasteiger partial charge on any atom is -0.490 e. The van der Waals surface area contributed by atoms with Gasteiger partial charge in [-0.15, -0.1) is 6.58 Å². The molecule has 0 amide bonds. The molecule has 1 nitrogen and oxygen atoms in total. The Labute approximate surface area is 231 Å². The molecule has 212 valence electrons. The minimum absolute atomic E-state index is 0.0706. The molecule has 1 aromatic carbocycles. The summed E-state index contributed by atoms with van der Waals surface area (Å²) in [5.41, 5.74) is 0.566. The van der Waals surface area contributed by atoms with E-state index >= 15 is 0 Å². The lowest BCUT2D eigenvalue weighted by Crippen LogP contribution is -2.29. The van der Waals surface area contributed by atoms with E-state index < -0.39 is 11.6 Å². The number of benzene rings is 1. The zero-order valence-electron chi connectivity index (χ0n) is 24.0. The molecular weight excluding hydrogens is 474 g/mol. The van der Waals surface area contributed by atoms with Crippen molar-refractivity contribution in [2.45, 2.75) is 122 Å². The van der Waals surface area contributed by atoms with Gasteiger partial charge in [0, 0.05) is 0 Å². The Balaban J connectivity index is 1.18. The molecule has 38 heavy (non-hydrogen) atoms. The van der Waals surface area contributed by atoms with Gasteiger partial charge in [-0.25, -0.2) is 4.39 Å². The zero-order chi connectivity index (χ0) is 26.7. The Morgan fingerprint density at radius 3 is 1.92 bits per heavy atom. The van der Waals surface area contributed by atoms with Gasteiger partial charge in [-0.1, -0.05) is 44.1 Å². The van der Waals surface area contributed by atoms with E-state index in [-0.39, 0.29) is 11.7 Å². The lowest BCUT2D eigenvalue weighted by molar-refractivity contribution is 0.114. The molecule has 3 fully saturated rings. The van der Waals surface area contributed by atoms with Crippen LogP contribution in [0.25, 0.3) is 0 Å². The number of allylic oxidation sites excluding steroid dienone is 3. The van der Waals surface area contributed by atoms with Crippen LogP contribution in [0.4, 0.5) is 8.78 Å². The average Bonchev–Trinajstić information content (AvgIpc) is 2.96. The lowest BCUT2D eigenvalue weighted by Gasteiger charge is -2.41. The van der Waals surface area contributed by atoms with E-state index in [1.54, 1.807) is 12.1 Å². The van der Waals surface area contributed by atoms with Crippen LogP contribution in [-0.2, 0) is 0 Å². The molecule has 3 saturated carbocycles. The molecule has 3 aliphatic rings. The van der Waals surface area contributed by atoms with Gasteiger partial charge < -0.3 is 4.74 Å². The molecule has 0 aromatic heterocycles. The SMILES string of the molecule is C=CCCC=CC1CCC(C2CCC(C3CCC(c4ccc(OCCCCC)c(F)c4F)CC3)CC2)CC1. The summed E-state index contributed by atoms with van der Waals surface area (Å²) >= 11 is 0. The van der Waals surface area contributed by atoms with Crippen molar-refractivity contribution < 1.29 is 13.5 Å². The second kappa shape index (κ2) is 15.2. The Bertz CT molecular complexity index is 868. The maximum atomic E-state index is 14.9. The highest BCUT2D eigenvalue weighted by Gasteiger charge is 2.35. The fourth-order valence-electron chi connectivity index (χ4n) is 7.81. The van der Waals surface area contributed by atoms with E-state index in [0.29, 0.717) is 12.2 Å². The molecule has 0 radical (unpaired) electrons. The van der Waals surface area contributed by atoms with E-state index in [2.05, 4.69) is 25.7 Å². The normalized spacial score (nSPS) is 30.4. The molecule has 4 rings (SSSR count). The summed E-state index contributed by atoms with van der Waals surface area (Å²) in [7, 11) is 0. The molecule has 0 saturated heterocycles.